The Morgan fingerprint density at radius 3 is 1.73 bits per heavy atom. The van der Waals surface area contributed by atoms with Gasteiger partial charge in [-0.25, -0.2) is 0 Å². The van der Waals surface area contributed by atoms with E-state index in [1.165, 1.54) is 50.1 Å². The van der Waals surface area contributed by atoms with Crippen molar-refractivity contribution in [2.75, 3.05) is 0 Å². The topological polar surface area (TPSA) is 0 Å². The third kappa shape index (κ3) is 5.98. The van der Waals surface area contributed by atoms with E-state index in [0.29, 0.717) is 0 Å². The van der Waals surface area contributed by atoms with Gasteiger partial charge in [0.1, 0.15) is 0 Å². The summed E-state index contributed by atoms with van der Waals surface area (Å²) in [4.78, 5) is 0. The van der Waals surface area contributed by atoms with Crippen LogP contribution in [-0.4, -0.2) is 6.88 Å². The van der Waals surface area contributed by atoms with Crippen LogP contribution in [0.5, 0.6) is 0 Å². The molecule has 2 aliphatic carbocycles. The van der Waals surface area contributed by atoms with Crippen molar-refractivity contribution in [3.63, 3.8) is 0 Å². The van der Waals surface area contributed by atoms with E-state index < -0.39 is 17.4 Å². The number of benzene rings is 4. The number of hydrogen-bond donors (Lipinski definition) is 0. The molecule has 6 rings (SSSR count). The van der Waals surface area contributed by atoms with Crippen LogP contribution in [0.2, 0.25) is 9.26 Å². The van der Waals surface area contributed by atoms with Crippen molar-refractivity contribution >= 4 is 35.0 Å². The van der Waals surface area contributed by atoms with Gasteiger partial charge in [-0.3, -0.25) is 0 Å². The van der Waals surface area contributed by atoms with Gasteiger partial charge >= 0.3 is 258 Å². The molecule has 4 heteroatoms. The summed E-state index contributed by atoms with van der Waals surface area (Å²) in [6.45, 7) is 16.7. The molecule has 230 valence electrons. The Balaban J connectivity index is 0.00000221. The average Bonchev–Trinajstić information content (AvgIpc) is 3.60. The minimum Gasteiger partial charge on any atom is -0.147 e. The standard InChI is InChI=1S/C33H33.C5H5.2CH3.2ClH.H2Si.Zr/c1-32(2,3)30-20-26-24(18-28(30)22-13-9-7-10-14-22)17-25-19-29(23-15-11-8-12-16-23)31(21-27(25)26)33(4,5)6;1-2-4-5-3-1;;;;;;/h7-16,18,20-21H,17H2,1-6H3;1-3H,4H2;2*1H3;2*1H;1H2;. The van der Waals surface area contributed by atoms with Gasteiger partial charge < -0.3 is 0 Å². The molecule has 0 N–H and O–H groups in total. The minimum atomic E-state index is -3.66. The van der Waals surface area contributed by atoms with Gasteiger partial charge in [-0.2, -0.15) is 0 Å². The Kier molecular flexibility index (Phi) is 9.52. The van der Waals surface area contributed by atoms with Crippen molar-refractivity contribution in [3.05, 3.63) is 123 Å². The fourth-order valence-corrected chi connectivity index (χ4v) is 21.1. The van der Waals surface area contributed by atoms with Crippen molar-refractivity contribution in [2.24, 2.45) is 0 Å². The van der Waals surface area contributed by atoms with Gasteiger partial charge in [-0.15, -0.1) is 24.8 Å². The maximum absolute atomic E-state index is 3.66. The molecule has 44 heavy (non-hydrogen) atoms. The Morgan fingerprint density at radius 2 is 1.20 bits per heavy atom. The molecular formula is C40H48Cl2SiZr. The summed E-state index contributed by atoms with van der Waals surface area (Å²) in [6, 6.07) is 30.0. The van der Waals surface area contributed by atoms with E-state index in [1.54, 1.807) is 12.1 Å². The molecule has 0 bridgehead atoms. The van der Waals surface area contributed by atoms with E-state index in [-0.39, 0.29) is 35.6 Å². The van der Waals surface area contributed by atoms with E-state index in [2.05, 4.69) is 155 Å². The number of fused-ring (bicyclic) bond motifs is 3. The molecule has 2 aliphatic rings. The minimum absolute atomic E-state index is 0. The zero-order valence-corrected chi connectivity index (χ0v) is 33.2. The summed E-state index contributed by atoms with van der Waals surface area (Å²) in [5.41, 5.74) is 14.6. The van der Waals surface area contributed by atoms with Crippen LogP contribution >= 0.6 is 24.8 Å². The largest absolute Gasteiger partial charge is 0.147 e. The predicted molar refractivity (Wildman–Crippen MR) is 199 cm³/mol. The predicted octanol–water partition coefficient (Wildman–Crippen LogP) is 10.8. The van der Waals surface area contributed by atoms with Crippen LogP contribution < -0.4 is 3.27 Å². The first-order valence-electron chi connectivity index (χ1n) is 15.6. The molecule has 0 amide bonds. The van der Waals surface area contributed by atoms with E-state index in [4.69, 9.17) is 0 Å². The second-order valence-corrected chi connectivity index (χ2v) is 44.2. The molecule has 0 fully saturated rings. The zero-order chi connectivity index (χ0) is 30.1. The van der Waals surface area contributed by atoms with E-state index >= 15 is 0 Å². The molecule has 0 radical (unpaired) electrons. The maximum Gasteiger partial charge on any atom is -0.147 e. The molecule has 0 heterocycles. The number of hydrogen-bond acceptors (Lipinski definition) is 0. The summed E-state index contributed by atoms with van der Waals surface area (Å²) < 4.78 is 8.82. The zero-order valence-electron chi connectivity index (χ0n) is 27.7. The first kappa shape index (κ1) is 34.9. The van der Waals surface area contributed by atoms with Crippen molar-refractivity contribution in [2.45, 2.75) is 74.5 Å². The second kappa shape index (κ2) is 12.0. The molecule has 0 unspecified atom stereocenters. The normalized spacial score (nSPS) is 14.3. The van der Waals surface area contributed by atoms with Crippen LogP contribution in [-0.2, 0) is 34.6 Å². The first-order chi connectivity index (χ1) is 19.7. The summed E-state index contributed by atoms with van der Waals surface area (Å²) in [6.07, 6.45) is 9.26. The molecule has 0 saturated heterocycles. The number of halogens is 2. The van der Waals surface area contributed by atoms with Gasteiger partial charge in [-0.1, -0.05) is 0 Å². The monoisotopic (exact) mass is 716 g/mol. The molecule has 4 aromatic carbocycles. The molecule has 0 saturated carbocycles. The first-order valence-corrected chi connectivity index (χ1v) is 28.9. The van der Waals surface area contributed by atoms with Crippen LogP contribution in [0.4, 0.5) is 0 Å². The van der Waals surface area contributed by atoms with Gasteiger partial charge in [0.15, 0.2) is 0 Å². The molecule has 0 spiro atoms. The molecule has 0 aromatic heterocycles. The molecule has 4 aromatic rings. The van der Waals surface area contributed by atoms with Crippen molar-refractivity contribution in [3.8, 4) is 33.4 Å². The van der Waals surface area contributed by atoms with Crippen LogP contribution in [0, 0.1) is 0 Å². The SMILES string of the molecule is CC(C)(C)c1cc2c(cc1-c1ccccc1)Cc1c-2cc(C(C)(C)C)c(-c2ccccc2)[c]1[Zr]([CH3])([CH3])(=[SiH2])[C]1=CC=CC1.Cl.Cl. The van der Waals surface area contributed by atoms with Crippen LogP contribution in [0.15, 0.2) is 100 Å². The van der Waals surface area contributed by atoms with Gasteiger partial charge in [0.05, 0.1) is 0 Å². The Hall–Kier alpha value is -1.96. The molecule has 0 nitrogen and oxygen atoms in total. The molecule has 0 aliphatic heterocycles. The third-order valence-electron chi connectivity index (χ3n) is 9.70. The van der Waals surface area contributed by atoms with Gasteiger partial charge in [0.2, 0.25) is 0 Å². The maximum atomic E-state index is 2.70. The fourth-order valence-electron chi connectivity index (χ4n) is 7.44. The summed E-state index contributed by atoms with van der Waals surface area (Å²) in [7, 11) is 0. The Morgan fingerprint density at radius 1 is 0.659 bits per heavy atom. The third-order valence-corrected chi connectivity index (χ3v) is 25.8. The van der Waals surface area contributed by atoms with E-state index in [9.17, 15) is 0 Å². The Bertz CT molecular complexity index is 1840. The second-order valence-electron chi connectivity index (χ2n) is 15.7. The van der Waals surface area contributed by atoms with Gasteiger partial charge in [0, 0.05) is 0 Å². The van der Waals surface area contributed by atoms with Gasteiger partial charge in [-0.05, 0) is 0 Å². The van der Waals surface area contributed by atoms with Crippen molar-refractivity contribution in [1.29, 1.82) is 0 Å². The molecule has 0 atom stereocenters. The molecular weight excluding hydrogens is 671 g/mol. The van der Waals surface area contributed by atoms with Crippen molar-refractivity contribution < 1.29 is 17.4 Å². The van der Waals surface area contributed by atoms with E-state index in [0.717, 1.165) is 12.8 Å². The van der Waals surface area contributed by atoms with Crippen LogP contribution in [0.25, 0.3) is 33.4 Å². The van der Waals surface area contributed by atoms with Crippen LogP contribution in [0.3, 0.4) is 0 Å². The van der Waals surface area contributed by atoms with Gasteiger partial charge in [0.25, 0.3) is 0 Å². The summed E-state index contributed by atoms with van der Waals surface area (Å²) >= 11 is -3.66. The van der Waals surface area contributed by atoms with Crippen molar-refractivity contribution in [1.82, 2.24) is 0 Å². The Labute approximate surface area is 280 Å². The summed E-state index contributed by atoms with van der Waals surface area (Å²) in [5.74, 6) is 0. The smallest absolute Gasteiger partial charge is 0.147 e. The van der Waals surface area contributed by atoms with E-state index in [1.807, 2.05) is 0 Å². The number of allylic oxidation sites excluding steroid dienone is 4. The van der Waals surface area contributed by atoms with Crippen LogP contribution in [0.1, 0.15) is 70.2 Å². The summed E-state index contributed by atoms with van der Waals surface area (Å²) in [5, 5.41) is 0. The quantitative estimate of drug-likeness (QED) is 0.162. The average molecular weight is 719 g/mol. The fraction of sp³-hybridized carbons (Fsp3) is 0.300. The number of rotatable bonds is 4.